The van der Waals surface area contributed by atoms with Crippen molar-refractivity contribution in [1.82, 2.24) is 4.90 Å². The average molecular weight is 432 g/mol. The SMILES string of the molecule is CCN(CC=CC#CC(C)(C)C)Cc1cccc(OC(C)(C)[Si]c2cccc(C)c2)c1. The van der Waals surface area contributed by atoms with Gasteiger partial charge in [0.25, 0.3) is 0 Å². The van der Waals surface area contributed by atoms with Crippen LogP contribution in [0.15, 0.2) is 60.7 Å². The fourth-order valence-corrected chi connectivity index (χ4v) is 4.52. The van der Waals surface area contributed by atoms with Crippen LogP contribution in [-0.4, -0.2) is 32.7 Å². The molecule has 0 aliphatic heterocycles. The van der Waals surface area contributed by atoms with Crippen molar-refractivity contribution in [3.05, 3.63) is 71.8 Å². The molecule has 2 radical (unpaired) electrons. The number of benzene rings is 2. The molecule has 164 valence electrons. The monoisotopic (exact) mass is 431 g/mol. The fourth-order valence-electron chi connectivity index (χ4n) is 3.18. The van der Waals surface area contributed by atoms with Gasteiger partial charge in [0.05, 0.1) is 5.22 Å². The van der Waals surface area contributed by atoms with Gasteiger partial charge >= 0.3 is 0 Å². The molecular formula is C28H37NOSi. The topological polar surface area (TPSA) is 12.5 Å². The second kappa shape index (κ2) is 11.4. The molecule has 31 heavy (non-hydrogen) atoms. The first-order chi connectivity index (χ1) is 14.6. The van der Waals surface area contributed by atoms with Crippen LogP contribution in [0.3, 0.4) is 0 Å². The highest BCUT2D eigenvalue weighted by Crippen LogP contribution is 2.20. The molecular weight excluding hydrogens is 394 g/mol. The molecule has 0 unspecified atom stereocenters. The van der Waals surface area contributed by atoms with Gasteiger partial charge in [0.2, 0.25) is 0 Å². The van der Waals surface area contributed by atoms with E-state index in [0.29, 0.717) is 9.52 Å². The number of hydrogen-bond acceptors (Lipinski definition) is 2. The Morgan fingerprint density at radius 2 is 1.77 bits per heavy atom. The van der Waals surface area contributed by atoms with Gasteiger partial charge in [-0.3, -0.25) is 4.90 Å². The Labute approximate surface area is 192 Å². The standard InChI is InChI=1S/C28H37NOSi/c1-8-29(19-11-9-10-18-27(3,4)5)22-24-15-13-16-25(21-24)30-28(6,7)31-26-17-12-14-23(2)20-26/h9,11-17,20-21H,8,19,22H2,1-7H3. The van der Waals surface area contributed by atoms with Crippen molar-refractivity contribution < 1.29 is 4.74 Å². The lowest BCUT2D eigenvalue weighted by molar-refractivity contribution is 0.195. The summed E-state index contributed by atoms with van der Waals surface area (Å²) in [6, 6.07) is 17.2. The van der Waals surface area contributed by atoms with Crippen LogP contribution < -0.4 is 9.92 Å². The lowest BCUT2D eigenvalue weighted by atomic mass is 9.98. The van der Waals surface area contributed by atoms with Crippen LogP contribution in [-0.2, 0) is 6.54 Å². The predicted octanol–water partition coefficient (Wildman–Crippen LogP) is 5.57. The normalized spacial score (nSPS) is 12.1. The van der Waals surface area contributed by atoms with Crippen LogP contribution in [0.5, 0.6) is 5.75 Å². The van der Waals surface area contributed by atoms with Gasteiger partial charge in [-0.2, -0.15) is 0 Å². The lowest BCUT2D eigenvalue weighted by Crippen LogP contribution is -2.42. The van der Waals surface area contributed by atoms with E-state index in [1.807, 2.05) is 6.08 Å². The molecule has 0 saturated carbocycles. The van der Waals surface area contributed by atoms with Crippen LogP contribution in [0.25, 0.3) is 0 Å². The summed E-state index contributed by atoms with van der Waals surface area (Å²) in [6.07, 6.45) is 4.12. The van der Waals surface area contributed by atoms with E-state index in [2.05, 4.69) is 120 Å². The van der Waals surface area contributed by atoms with Crippen LogP contribution in [0.4, 0.5) is 0 Å². The third-order valence-electron chi connectivity index (χ3n) is 4.60. The Morgan fingerprint density at radius 3 is 2.45 bits per heavy atom. The Kier molecular flexibility index (Phi) is 9.16. The van der Waals surface area contributed by atoms with Gasteiger partial charge in [0.1, 0.15) is 15.3 Å². The highest BCUT2D eigenvalue weighted by atomic mass is 28.2. The number of hydrogen-bond donors (Lipinski definition) is 0. The summed E-state index contributed by atoms with van der Waals surface area (Å²) in [5, 5.41) is 1.09. The molecule has 0 bridgehead atoms. The average Bonchev–Trinajstić information content (AvgIpc) is 2.65. The van der Waals surface area contributed by atoms with Crippen molar-refractivity contribution in [3.8, 4) is 17.6 Å². The van der Waals surface area contributed by atoms with Crippen molar-refractivity contribution >= 4 is 14.7 Å². The van der Waals surface area contributed by atoms with Crippen molar-refractivity contribution in [2.45, 2.75) is 60.2 Å². The molecule has 2 aromatic rings. The Bertz CT molecular complexity index is 928. The molecule has 0 aliphatic carbocycles. The lowest BCUT2D eigenvalue weighted by Gasteiger charge is -2.27. The van der Waals surface area contributed by atoms with E-state index in [0.717, 1.165) is 25.4 Å². The second-order valence-electron chi connectivity index (χ2n) is 9.50. The van der Waals surface area contributed by atoms with Crippen LogP contribution in [0, 0.1) is 24.2 Å². The van der Waals surface area contributed by atoms with Crippen LogP contribution in [0.1, 0.15) is 52.7 Å². The maximum atomic E-state index is 6.41. The molecule has 0 amide bonds. The van der Waals surface area contributed by atoms with Crippen molar-refractivity contribution in [3.63, 3.8) is 0 Å². The van der Waals surface area contributed by atoms with Gasteiger partial charge < -0.3 is 4.74 Å². The first-order valence-corrected chi connectivity index (χ1v) is 12.1. The number of allylic oxidation sites excluding steroid dienone is 1. The van der Waals surface area contributed by atoms with Gasteiger partial charge in [0, 0.05) is 18.5 Å². The largest absolute Gasteiger partial charge is 0.492 e. The van der Waals surface area contributed by atoms with Gasteiger partial charge in [-0.05, 0) is 71.9 Å². The van der Waals surface area contributed by atoms with E-state index >= 15 is 0 Å². The van der Waals surface area contributed by atoms with Gasteiger partial charge in [-0.15, -0.1) is 0 Å². The Morgan fingerprint density at radius 1 is 1.03 bits per heavy atom. The molecule has 0 aromatic heterocycles. The molecule has 0 saturated heterocycles. The quantitative estimate of drug-likeness (QED) is 0.380. The molecule has 0 heterocycles. The molecule has 2 rings (SSSR count). The summed E-state index contributed by atoms with van der Waals surface area (Å²) in [6.45, 7) is 17.8. The number of likely N-dealkylation sites (N-methyl/N-ethyl adjacent to an activating group) is 1. The van der Waals surface area contributed by atoms with E-state index in [1.54, 1.807) is 0 Å². The first-order valence-electron chi connectivity index (χ1n) is 11.1. The number of aryl methyl sites for hydroxylation is 1. The third kappa shape index (κ3) is 10.0. The summed E-state index contributed by atoms with van der Waals surface area (Å²) >= 11 is 0. The van der Waals surface area contributed by atoms with Gasteiger partial charge in [-0.25, -0.2) is 0 Å². The summed E-state index contributed by atoms with van der Waals surface area (Å²) < 4.78 is 6.41. The molecule has 0 aliphatic rings. The minimum absolute atomic E-state index is 0.0446. The third-order valence-corrected chi connectivity index (χ3v) is 5.90. The second-order valence-corrected chi connectivity index (χ2v) is 11.5. The van der Waals surface area contributed by atoms with Crippen molar-refractivity contribution in [2.24, 2.45) is 5.41 Å². The Hall–Kier alpha value is -2.28. The highest BCUT2D eigenvalue weighted by Gasteiger charge is 2.22. The molecule has 0 fully saturated rings. The Balaban J connectivity index is 1.98. The first kappa shape index (κ1) is 25.0. The summed E-state index contributed by atoms with van der Waals surface area (Å²) in [7, 11) is 0.587. The zero-order valence-corrected chi connectivity index (χ0v) is 21.3. The molecule has 0 atom stereocenters. The minimum Gasteiger partial charge on any atom is -0.492 e. The number of rotatable bonds is 9. The van der Waals surface area contributed by atoms with Crippen LogP contribution in [0.2, 0.25) is 0 Å². The van der Waals surface area contributed by atoms with Gasteiger partial charge in [-0.1, -0.05) is 72.0 Å². The van der Waals surface area contributed by atoms with Gasteiger partial charge in [0.15, 0.2) is 0 Å². The number of ether oxygens (including phenoxy) is 1. The van der Waals surface area contributed by atoms with Crippen molar-refractivity contribution in [2.75, 3.05) is 13.1 Å². The van der Waals surface area contributed by atoms with E-state index < -0.39 is 0 Å². The predicted molar refractivity (Wildman–Crippen MR) is 135 cm³/mol. The maximum absolute atomic E-state index is 6.41. The number of nitrogens with zero attached hydrogens (tertiary/aromatic N) is 1. The highest BCUT2D eigenvalue weighted by molar-refractivity contribution is 6.56. The van der Waals surface area contributed by atoms with Crippen LogP contribution >= 0.6 is 0 Å². The van der Waals surface area contributed by atoms with E-state index in [9.17, 15) is 0 Å². The molecule has 3 heteroatoms. The fraction of sp³-hybridized carbons (Fsp3) is 0.429. The minimum atomic E-state index is -0.245. The summed E-state index contributed by atoms with van der Waals surface area (Å²) in [4.78, 5) is 2.40. The smallest absolute Gasteiger partial charge is 0.139 e. The summed E-state index contributed by atoms with van der Waals surface area (Å²) in [5.41, 5.74) is 2.60. The zero-order valence-electron chi connectivity index (χ0n) is 20.3. The summed E-state index contributed by atoms with van der Waals surface area (Å²) in [5.74, 6) is 7.33. The molecule has 0 spiro atoms. The zero-order chi connectivity index (χ0) is 22.9. The van der Waals surface area contributed by atoms with E-state index in [4.69, 9.17) is 4.74 Å². The molecule has 2 aromatic carbocycles. The maximum Gasteiger partial charge on any atom is 0.139 e. The van der Waals surface area contributed by atoms with E-state index in [1.165, 1.54) is 16.3 Å². The van der Waals surface area contributed by atoms with E-state index in [-0.39, 0.29) is 10.6 Å². The molecule has 2 nitrogen and oxygen atoms in total. The van der Waals surface area contributed by atoms with Crippen molar-refractivity contribution in [1.29, 1.82) is 0 Å². The molecule has 0 N–H and O–H groups in total.